The second-order valence-corrected chi connectivity index (χ2v) is 5.28. The van der Waals surface area contributed by atoms with Gasteiger partial charge in [-0.05, 0) is 37.0 Å². The minimum Gasteiger partial charge on any atom is -0.303 e. The molecule has 112 valence electrons. The van der Waals surface area contributed by atoms with Crippen molar-refractivity contribution in [1.82, 2.24) is 0 Å². The quantitative estimate of drug-likeness (QED) is 0.402. The first-order valence-electron chi connectivity index (χ1n) is 7.61. The summed E-state index contributed by atoms with van der Waals surface area (Å²) < 4.78 is 25.7. The number of carbonyl (C=O) groups excluding carboxylic acids is 1. The van der Waals surface area contributed by atoms with E-state index < -0.39 is 11.6 Å². The van der Waals surface area contributed by atoms with E-state index in [9.17, 15) is 13.6 Å². The molecular weight excluding hydrogens is 258 g/mol. The van der Waals surface area contributed by atoms with Crippen molar-refractivity contribution in [1.29, 1.82) is 0 Å². The molecule has 0 bridgehead atoms. The molecular formula is C17H24F2O. The Bertz CT molecular complexity index is 391. The Morgan fingerprint density at radius 2 is 1.40 bits per heavy atom. The van der Waals surface area contributed by atoms with Crippen molar-refractivity contribution in [2.24, 2.45) is 0 Å². The average Bonchev–Trinajstić information content (AvgIpc) is 2.45. The summed E-state index contributed by atoms with van der Waals surface area (Å²) in [5.74, 6) is -1.53. The molecule has 1 aromatic carbocycles. The van der Waals surface area contributed by atoms with E-state index in [1.165, 1.54) is 37.8 Å². The number of carbonyl (C=O) groups is 1. The lowest BCUT2D eigenvalue weighted by Gasteiger charge is -2.03. The van der Waals surface area contributed by atoms with Gasteiger partial charge in [0.1, 0.15) is 6.29 Å². The second kappa shape index (κ2) is 10.5. The monoisotopic (exact) mass is 282 g/mol. The lowest BCUT2D eigenvalue weighted by atomic mass is 10.0. The van der Waals surface area contributed by atoms with Crippen molar-refractivity contribution < 1.29 is 13.6 Å². The van der Waals surface area contributed by atoms with Crippen LogP contribution in [0, 0.1) is 11.6 Å². The number of halogens is 2. The number of hydrogen-bond acceptors (Lipinski definition) is 1. The minimum absolute atomic E-state index is 0.689. The van der Waals surface area contributed by atoms with E-state index in [0.717, 1.165) is 44.0 Å². The van der Waals surface area contributed by atoms with Gasteiger partial charge in [0.15, 0.2) is 11.6 Å². The van der Waals surface area contributed by atoms with Crippen molar-refractivity contribution in [2.75, 3.05) is 0 Å². The summed E-state index contributed by atoms with van der Waals surface area (Å²) in [7, 11) is 0. The van der Waals surface area contributed by atoms with E-state index in [2.05, 4.69) is 0 Å². The molecule has 20 heavy (non-hydrogen) atoms. The van der Waals surface area contributed by atoms with Gasteiger partial charge in [-0.15, -0.1) is 0 Å². The van der Waals surface area contributed by atoms with Crippen LogP contribution in [0.15, 0.2) is 18.2 Å². The van der Waals surface area contributed by atoms with Crippen molar-refractivity contribution in [3.8, 4) is 0 Å². The van der Waals surface area contributed by atoms with E-state index >= 15 is 0 Å². The first-order valence-corrected chi connectivity index (χ1v) is 7.61. The Morgan fingerprint density at radius 1 is 0.800 bits per heavy atom. The SMILES string of the molecule is O=CCCCCCCCCCCc1ccc(F)c(F)c1. The van der Waals surface area contributed by atoms with Gasteiger partial charge in [0, 0.05) is 6.42 Å². The number of hydrogen-bond donors (Lipinski definition) is 0. The van der Waals surface area contributed by atoms with Crippen LogP contribution in [0.5, 0.6) is 0 Å². The van der Waals surface area contributed by atoms with E-state index in [0.29, 0.717) is 6.42 Å². The Morgan fingerprint density at radius 3 is 2.00 bits per heavy atom. The Balaban J connectivity index is 1.96. The maximum Gasteiger partial charge on any atom is 0.159 e. The van der Waals surface area contributed by atoms with Crippen LogP contribution in [0.2, 0.25) is 0 Å². The first-order chi connectivity index (χ1) is 9.74. The molecule has 0 saturated carbocycles. The van der Waals surface area contributed by atoms with Gasteiger partial charge in [-0.1, -0.05) is 44.6 Å². The third-order valence-corrected chi connectivity index (χ3v) is 3.52. The van der Waals surface area contributed by atoms with Crippen molar-refractivity contribution in [3.63, 3.8) is 0 Å². The zero-order chi connectivity index (χ0) is 14.6. The van der Waals surface area contributed by atoms with E-state index in [-0.39, 0.29) is 0 Å². The maximum atomic E-state index is 13.0. The minimum atomic E-state index is -0.775. The van der Waals surface area contributed by atoms with Crippen LogP contribution in [0.3, 0.4) is 0 Å². The molecule has 0 aliphatic rings. The number of aryl methyl sites for hydroxylation is 1. The third kappa shape index (κ3) is 7.37. The molecule has 0 aromatic heterocycles. The second-order valence-electron chi connectivity index (χ2n) is 5.28. The fraction of sp³-hybridized carbons (Fsp3) is 0.588. The molecule has 0 heterocycles. The normalized spacial score (nSPS) is 10.7. The predicted octanol–water partition coefficient (Wildman–Crippen LogP) is 5.22. The van der Waals surface area contributed by atoms with Gasteiger partial charge < -0.3 is 4.79 Å². The van der Waals surface area contributed by atoms with Crippen LogP contribution in [0.4, 0.5) is 8.78 Å². The molecule has 1 nitrogen and oxygen atoms in total. The van der Waals surface area contributed by atoms with Gasteiger partial charge in [0.2, 0.25) is 0 Å². The topological polar surface area (TPSA) is 17.1 Å². The van der Waals surface area contributed by atoms with Crippen LogP contribution in [0.25, 0.3) is 0 Å². The molecule has 0 unspecified atom stereocenters. The van der Waals surface area contributed by atoms with Gasteiger partial charge in [0.25, 0.3) is 0 Å². The molecule has 3 heteroatoms. The van der Waals surface area contributed by atoms with Crippen LogP contribution < -0.4 is 0 Å². The standard InChI is InChI=1S/C17H24F2O/c18-16-12-11-15(14-17(16)19)10-8-6-4-2-1-3-5-7-9-13-20/h11-14H,1-10H2. The number of rotatable bonds is 11. The molecule has 0 aliphatic carbocycles. The number of benzene rings is 1. The lowest BCUT2D eigenvalue weighted by Crippen LogP contribution is -1.90. The zero-order valence-electron chi connectivity index (χ0n) is 12.0. The van der Waals surface area contributed by atoms with Crippen molar-refractivity contribution in [2.45, 2.75) is 64.2 Å². The van der Waals surface area contributed by atoms with E-state index in [1.807, 2.05) is 0 Å². The predicted molar refractivity (Wildman–Crippen MR) is 77.7 cm³/mol. The Labute approximate surface area is 120 Å². The van der Waals surface area contributed by atoms with Crippen molar-refractivity contribution >= 4 is 6.29 Å². The van der Waals surface area contributed by atoms with Gasteiger partial charge in [-0.2, -0.15) is 0 Å². The maximum absolute atomic E-state index is 13.0. The average molecular weight is 282 g/mol. The lowest BCUT2D eigenvalue weighted by molar-refractivity contribution is -0.107. The van der Waals surface area contributed by atoms with Crippen LogP contribution in [0.1, 0.15) is 63.4 Å². The van der Waals surface area contributed by atoms with Crippen LogP contribution in [-0.2, 0) is 11.2 Å². The molecule has 0 atom stereocenters. The highest BCUT2D eigenvalue weighted by molar-refractivity contribution is 5.48. The first kappa shape index (κ1) is 16.8. The summed E-state index contributed by atoms with van der Waals surface area (Å²) in [6, 6.07) is 4.15. The zero-order valence-corrected chi connectivity index (χ0v) is 12.0. The summed E-state index contributed by atoms with van der Waals surface area (Å²) >= 11 is 0. The summed E-state index contributed by atoms with van der Waals surface area (Å²) in [6.45, 7) is 0. The Hall–Kier alpha value is -1.25. The molecule has 0 aliphatic heterocycles. The highest BCUT2D eigenvalue weighted by atomic mass is 19.2. The molecule has 1 rings (SSSR count). The third-order valence-electron chi connectivity index (χ3n) is 3.52. The Kier molecular flexibility index (Phi) is 8.84. The summed E-state index contributed by atoms with van der Waals surface area (Å²) in [5, 5.41) is 0. The summed E-state index contributed by atoms with van der Waals surface area (Å²) in [5.41, 5.74) is 0.873. The highest BCUT2D eigenvalue weighted by Gasteiger charge is 2.02. The highest BCUT2D eigenvalue weighted by Crippen LogP contribution is 2.14. The number of unbranched alkanes of at least 4 members (excludes halogenated alkanes) is 8. The van der Waals surface area contributed by atoms with E-state index in [1.54, 1.807) is 6.07 Å². The van der Waals surface area contributed by atoms with Gasteiger partial charge in [0.05, 0.1) is 0 Å². The fourth-order valence-electron chi connectivity index (χ4n) is 2.31. The van der Waals surface area contributed by atoms with E-state index in [4.69, 9.17) is 0 Å². The molecule has 1 aromatic rings. The number of aldehydes is 1. The molecule has 0 N–H and O–H groups in total. The van der Waals surface area contributed by atoms with Gasteiger partial charge >= 0.3 is 0 Å². The molecule has 0 saturated heterocycles. The largest absolute Gasteiger partial charge is 0.303 e. The van der Waals surface area contributed by atoms with Gasteiger partial charge in [-0.25, -0.2) is 8.78 Å². The summed E-state index contributed by atoms with van der Waals surface area (Å²) in [4.78, 5) is 10.1. The molecule has 0 spiro atoms. The molecule has 0 radical (unpaired) electrons. The fourth-order valence-corrected chi connectivity index (χ4v) is 2.31. The van der Waals surface area contributed by atoms with Gasteiger partial charge in [-0.3, -0.25) is 0 Å². The smallest absolute Gasteiger partial charge is 0.159 e. The van der Waals surface area contributed by atoms with Crippen LogP contribution in [-0.4, -0.2) is 6.29 Å². The molecule has 0 amide bonds. The van der Waals surface area contributed by atoms with Crippen molar-refractivity contribution in [3.05, 3.63) is 35.4 Å². The van der Waals surface area contributed by atoms with Crippen LogP contribution >= 0.6 is 0 Å². The summed E-state index contributed by atoms with van der Waals surface area (Å²) in [6.07, 6.45) is 11.6. The molecule has 0 fully saturated rings.